The summed E-state index contributed by atoms with van der Waals surface area (Å²) < 4.78 is 0. The molecular formula is C9H14Cl2N2. The minimum absolute atomic E-state index is 0. The van der Waals surface area contributed by atoms with Crippen LogP contribution in [0.15, 0.2) is 24.4 Å². The van der Waals surface area contributed by atoms with Crippen molar-refractivity contribution >= 4 is 24.8 Å². The number of rotatable bonds is 2. The van der Waals surface area contributed by atoms with E-state index in [0.29, 0.717) is 0 Å². The van der Waals surface area contributed by atoms with Gasteiger partial charge >= 0.3 is 0 Å². The van der Waals surface area contributed by atoms with Gasteiger partial charge in [0.1, 0.15) is 0 Å². The molecule has 0 aromatic carbocycles. The molecule has 74 valence electrons. The lowest BCUT2D eigenvalue weighted by Crippen LogP contribution is -2.43. The second kappa shape index (κ2) is 6.19. The van der Waals surface area contributed by atoms with Gasteiger partial charge < -0.3 is 5.32 Å². The number of pyridine rings is 1. The van der Waals surface area contributed by atoms with Crippen molar-refractivity contribution in [2.75, 3.05) is 13.1 Å². The van der Waals surface area contributed by atoms with Gasteiger partial charge in [-0.15, -0.1) is 24.8 Å². The molecule has 0 spiro atoms. The highest BCUT2D eigenvalue weighted by atomic mass is 35.5. The standard InChI is InChI=1S/C9H12N2.2ClH/c1-2-4-11-9(3-1)5-8-6-10-7-8;;/h1-4,8,10H,5-7H2;2*1H. The van der Waals surface area contributed by atoms with E-state index >= 15 is 0 Å². The van der Waals surface area contributed by atoms with Gasteiger partial charge in [0, 0.05) is 11.9 Å². The second-order valence-electron chi connectivity index (χ2n) is 3.05. The molecule has 0 unspecified atom stereocenters. The third-order valence-electron chi connectivity index (χ3n) is 2.09. The molecule has 1 aromatic heterocycles. The molecule has 2 rings (SSSR count). The van der Waals surface area contributed by atoms with Crippen LogP contribution in [0.25, 0.3) is 0 Å². The van der Waals surface area contributed by atoms with Crippen molar-refractivity contribution in [2.24, 2.45) is 5.92 Å². The maximum Gasteiger partial charge on any atom is 0.0407 e. The largest absolute Gasteiger partial charge is 0.316 e. The van der Waals surface area contributed by atoms with Gasteiger partial charge in [-0.05, 0) is 37.6 Å². The lowest BCUT2D eigenvalue weighted by Gasteiger charge is -2.26. The maximum atomic E-state index is 4.27. The summed E-state index contributed by atoms with van der Waals surface area (Å²) in [6, 6.07) is 6.11. The quantitative estimate of drug-likeness (QED) is 0.821. The van der Waals surface area contributed by atoms with Crippen molar-refractivity contribution in [3.63, 3.8) is 0 Å². The highest BCUT2D eigenvalue weighted by molar-refractivity contribution is 5.85. The van der Waals surface area contributed by atoms with E-state index in [4.69, 9.17) is 0 Å². The molecule has 1 aliphatic heterocycles. The molecule has 13 heavy (non-hydrogen) atoms. The highest BCUT2D eigenvalue weighted by Crippen LogP contribution is 2.09. The van der Waals surface area contributed by atoms with Gasteiger partial charge in [-0.2, -0.15) is 0 Å². The molecule has 4 heteroatoms. The average molecular weight is 221 g/mol. The molecular weight excluding hydrogens is 207 g/mol. The van der Waals surface area contributed by atoms with Gasteiger partial charge in [0.25, 0.3) is 0 Å². The Morgan fingerprint density at radius 2 is 2.08 bits per heavy atom. The summed E-state index contributed by atoms with van der Waals surface area (Å²) in [7, 11) is 0. The van der Waals surface area contributed by atoms with E-state index in [-0.39, 0.29) is 24.8 Å². The zero-order chi connectivity index (χ0) is 7.52. The van der Waals surface area contributed by atoms with E-state index in [1.54, 1.807) is 0 Å². The number of nitrogens with zero attached hydrogens (tertiary/aromatic N) is 1. The number of halogens is 2. The Kier molecular flexibility index (Phi) is 6.04. The summed E-state index contributed by atoms with van der Waals surface area (Å²) >= 11 is 0. The van der Waals surface area contributed by atoms with Crippen molar-refractivity contribution in [2.45, 2.75) is 6.42 Å². The maximum absolute atomic E-state index is 4.27. The molecule has 0 atom stereocenters. The highest BCUT2D eigenvalue weighted by Gasteiger charge is 2.16. The van der Waals surface area contributed by atoms with Gasteiger partial charge in [-0.3, -0.25) is 4.98 Å². The van der Waals surface area contributed by atoms with Gasteiger partial charge in [0.05, 0.1) is 0 Å². The molecule has 1 N–H and O–H groups in total. The van der Waals surface area contributed by atoms with E-state index in [0.717, 1.165) is 25.4 Å². The molecule has 1 aliphatic rings. The minimum Gasteiger partial charge on any atom is -0.316 e. The molecule has 2 heterocycles. The fourth-order valence-electron chi connectivity index (χ4n) is 1.31. The molecule has 0 aliphatic carbocycles. The predicted molar refractivity (Wildman–Crippen MR) is 58.8 cm³/mol. The first-order valence-corrected chi connectivity index (χ1v) is 4.06. The first kappa shape index (κ1) is 12.7. The van der Waals surface area contributed by atoms with Crippen molar-refractivity contribution in [3.8, 4) is 0 Å². The zero-order valence-corrected chi connectivity index (χ0v) is 8.90. The first-order chi connectivity index (χ1) is 5.45. The monoisotopic (exact) mass is 220 g/mol. The van der Waals surface area contributed by atoms with Gasteiger partial charge in [0.2, 0.25) is 0 Å². The van der Waals surface area contributed by atoms with Crippen LogP contribution < -0.4 is 5.32 Å². The Labute approximate surface area is 91.0 Å². The van der Waals surface area contributed by atoms with Gasteiger partial charge in [-0.1, -0.05) is 6.07 Å². The summed E-state index contributed by atoms with van der Waals surface area (Å²) in [5.41, 5.74) is 1.22. The third-order valence-corrected chi connectivity index (χ3v) is 2.09. The zero-order valence-electron chi connectivity index (χ0n) is 7.27. The fraction of sp³-hybridized carbons (Fsp3) is 0.444. The van der Waals surface area contributed by atoms with Crippen molar-refractivity contribution in [1.29, 1.82) is 0 Å². The van der Waals surface area contributed by atoms with E-state index in [2.05, 4.69) is 22.4 Å². The molecule has 1 aromatic rings. The number of nitrogens with one attached hydrogen (secondary N) is 1. The lowest BCUT2D eigenvalue weighted by molar-refractivity contribution is 0.344. The minimum atomic E-state index is 0. The normalized spacial score (nSPS) is 15.1. The predicted octanol–water partition coefficient (Wildman–Crippen LogP) is 1.69. The Hall–Kier alpha value is -0.310. The van der Waals surface area contributed by atoms with Crippen LogP contribution in [0.3, 0.4) is 0 Å². The molecule has 0 amide bonds. The Morgan fingerprint density at radius 3 is 2.54 bits per heavy atom. The lowest BCUT2D eigenvalue weighted by atomic mass is 9.97. The number of hydrogen-bond donors (Lipinski definition) is 1. The Morgan fingerprint density at radius 1 is 1.31 bits per heavy atom. The third kappa shape index (κ3) is 3.51. The van der Waals surface area contributed by atoms with Crippen LogP contribution >= 0.6 is 24.8 Å². The van der Waals surface area contributed by atoms with Crippen molar-refractivity contribution in [3.05, 3.63) is 30.1 Å². The van der Waals surface area contributed by atoms with Crippen molar-refractivity contribution < 1.29 is 0 Å². The topological polar surface area (TPSA) is 24.9 Å². The first-order valence-electron chi connectivity index (χ1n) is 4.06. The smallest absolute Gasteiger partial charge is 0.0407 e. The van der Waals surface area contributed by atoms with Crippen LogP contribution in [-0.4, -0.2) is 18.1 Å². The van der Waals surface area contributed by atoms with E-state index < -0.39 is 0 Å². The Bertz CT molecular complexity index is 224. The summed E-state index contributed by atoms with van der Waals surface area (Å²) in [6.45, 7) is 2.33. The van der Waals surface area contributed by atoms with Gasteiger partial charge in [-0.25, -0.2) is 0 Å². The van der Waals surface area contributed by atoms with E-state index in [1.807, 2.05) is 12.3 Å². The van der Waals surface area contributed by atoms with Crippen LogP contribution in [0.5, 0.6) is 0 Å². The van der Waals surface area contributed by atoms with Crippen LogP contribution in [0.2, 0.25) is 0 Å². The van der Waals surface area contributed by atoms with E-state index in [1.165, 1.54) is 5.69 Å². The number of hydrogen-bond acceptors (Lipinski definition) is 2. The molecule has 0 saturated carbocycles. The molecule has 2 nitrogen and oxygen atoms in total. The Balaban J connectivity index is 0.000000720. The second-order valence-corrected chi connectivity index (χ2v) is 3.05. The molecule has 1 saturated heterocycles. The average Bonchev–Trinajstić information content (AvgIpc) is 1.99. The molecule has 1 fully saturated rings. The van der Waals surface area contributed by atoms with Crippen LogP contribution in [0.1, 0.15) is 5.69 Å². The van der Waals surface area contributed by atoms with Crippen LogP contribution in [-0.2, 0) is 6.42 Å². The number of aromatic nitrogens is 1. The van der Waals surface area contributed by atoms with Crippen LogP contribution in [0.4, 0.5) is 0 Å². The van der Waals surface area contributed by atoms with E-state index in [9.17, 15) is 0 Å². The SMILES string of the molecule is Cl.Cl.c1ccc(CC2CNC2)nc1. The van der Waals surface area contributed by atoms with Crippen molar-refractivity contribution in [1.82, 2.24) is 10.3 Å². The summed E-state index contributed by atoms with van der Waals surface area (Å²) in [5, 5.41) is 3.25. The van der Waals surface area contributed by atoms with Gasteiger partial charge in [0.15, 0.2) is 0 Å². The molecule has 0 bridgehead atoms. The summed E-state index contributed by atoms with van der Waals surface area (Å²) in [6.07, 6.45) is 3.00. The fourth-order valence-corrected chi connectivity index (χ4v) is 1.31. The molecule has 0 radical (unpaired) electrons. The van der Waals surface area contributed by atoms with Crippen LogP contribution in [0, 0.1) is 5.92 Å². The summed E-state index contributed by atoms with van der Waals surface area (Å²) in [4.78, 5) is 4.27. The summed E-state index contributed by atoms with van der Waals surface area (Å²) in [5.74, 6) is 0.824.